The lowest BCUT2D eigenvalue weighted by Gasteiger charge is -2.07. The topological polar surface area (TPSA) is 55.4 Å². The summed E-state index contributed by atoms with van der Waals surface area (Å²) in [5, 5.41) is 3.38. The maximum absolute atomic E-state index is 12.1. The number of aryl methyl sites for hydroxylation is 1. The largest absolute Gasteiger partial charge is 0.462 e. The molecule has 0 spiro atoms. The van der Waals surface area contributed by atoms with Gasteiger partial charge in [0.05, 0.1) is 12.2 Å². The van der Waals surface area contributed by atoms with Crippen LogP contribution < -0.4 is 5.32 Å². The maximum atomic E-state index is 12.1. The zero-order chi connectivity index (χ0) is 15.1. The number of hydrogen-bond acceptors (Lipinski definition) is 4. The predicted octanol–water partition coefficient (Wildman–Crippen LogP) is 3.75. The van der Waals surface area contributed by atoms with E-state index in [0.717, 1.165) is 16.9 Å². The molecule has 1 heterocycles. The molecule has 0 saturated heterocycles. The number of nitrogens with one attached hydrogen (secondary N) is 1. The first-order valence-electron chi connectivity index (χ1n) is 6.70. The van der Waals surface area contributed by atoms with Crippen molar-refractivity contribution in [3.05, 3.63) is 16.0 Å². The van der Waals surface area contributed by atoms with Crippen LogP contribution in [0.15, 0.2) is 0 Å². The van der Waals surface area contributed by atoms with Gasteiger partial charge < -0.3 is 10.1 Å². The summed E-state index contributed by atoms with van der Waals surface area (Å²) in [4.78, 5) is 24.9. The van der Waals surface area contributed by atoms with Gasteiger partial charge in [-0.25, -0.2) is 4.79 Å². The number of rotatable bonds is 7. The minimum Gasteiger partial charge on any atom is -0.462 e. The van der Waals surface area contributed by atoms with Gasteiger partial charge in [0.25, 0.3) is 0 Å². The molecule has 0 saturated carbocycles. The quantitative estimate of drug-likeness (QED) is 0.615. The van der Waals surface area contributed by atoms with Crippen molar-refractivity contribution >= 4 is 39.8 Å². The first kappa shape index (κ1) is 17.0. The molecule has 1 aromatic heterocycles. The zero-order valence-electron chi connectivity index (χ0n) is 12.0. The second-order valence-corrected chi connectivity index (χ2v) is 5.86. The molecule has 0 aliphatic carbocycles. The van der Waals surface area contributed by atoms with Gasteiger partial charge in [-0.3, -0.25) is 4.79 Å². The molecule has 0 bridgehead atoms. The molecule has 0 radical (unpaired) electrons. The highest BCUT2D eigenvalue weighted by Gasteiger charge is 2.23. The molecule has 0 aromatic carbocycles. The number of anilines is 1. The lowest BCUT2D eigenvalue weighted by molar-refractivity contribution is -0.116. The highest BCUT2D eigenvalue weighted by atomic mass is 35.5. The fourth-order valence-corrected chi connectivity index (χ4v) is 3.21. The van der Waals surface area contributed by atoms with Gasteiger partial charge in [-0.15, -0.1) is 22.9 Å². The van der Waals surface area contributed by atoms with Crippen molar-refractivity contribution in [1.29, 1.82) is 0 Å². The van der Waals surface area contributed by atoms with Crippen LogP contribution >= 0.6 is 22.9 Å². The van der Waals surface area contributed by atoms with E-state index < -0.39 is 0 Å². The Bertz CT molecular complexity index is 485. The van der Waals surface area contributed by atoms with Gasteiger partial charge in [0.2, 0.25) is 5.91 Å². The van der Waals surface area contributed by atoms with E-state index in [1.807, 2.05) is 13.8 Å². The van der Waals surface area contributed by atoms with Crippen LogP contribution in [0, 0.1) is 6.92 Å². The summed E-state index contributed by atoms with van der Waals surface area (Å²) in [7, 11) is 0. The summed E-state index contributed by atoms with van der Waals surface area (Å²) >= 11 is 6.99. The van der Waals surface area contributed by atoms with Gasteiger partial charge in [-0.1, -0.05) is 6.92 Å². The number of carbonyl (C=O) groups is 2. The van der Waals surface area contributed by atoms with Gasteiger partial charge in [-0.05, 0) is 32.3 Å². The second-order valence-electron chi connectivity index (χ2n) is 4.26. The van der Waals surface area contributed by atoms with Gasteiger partial charge in [0.1, 0.15) is 5.00 Å². The van der Waals surface area contributed by atoms with Gasteiger partial charge in [-0.2, -0.15) is 0 Å². The van der Waals surface area contributed by atoms with E-state index in [2.05, 4.69) is 5.32 Å². The molecule has 0 aliphatic heterocycles. The van der Waals surface area contributed by atoms with Crippen molar-refractivity contribution in [2.75, 3.05) is 17.8 Å². The van der Waals surface area contributed by atoms with Gasteiger partial charge in [0, 0.05) is 17.2 Å². The van der Waals surface area contributed by atoms with Crippen molar-refractivity contribution in [2.24, 2.45) is 0 Å². The first-order chi connectivity index (χ1) is 9.54. The van der Waals surface area contributed by atoms with Gasteiger partial charge in [0.15, 0.2) is 0 Å². The fourth-order valence-electron chi connectivity index (χ4n) is 1.93. The minimum atomic E-state index is -0.374. The molecule has 1 rings (SSSR count). The third-order valence-electron chi connectivity index (χ3n) is 2.83. The predicted molar refractivity (Wildman–Crippen MR) is 83.0 cm³/mol. The van der Waals surface area contributed by atoms with E-state index in [1.54, 1.807) is 6.92 Å². The maximum Gasteiger partial charge on any atom is 0.341 e. The van der Waals surface area contributed by atoms with E-state index in [4.69, 9.17) is 16.3 Å². The summed E-state index contributed by atoms with van der Waals surface area (Å²) in [5.74, 6) is -0.0524. The van der Waals surface area contributed by atoms with Crippen LogP contribution in [0.1, 0.15) is 47.5 Å². The molecule has 1 amide bonds. The minimum absolute atomic E-state index is 0.125. The smallest absolute Gasteiger partial charge is 0.341 e. The molecule has 4 nitrogen and oxygen atoms in total. The Morgan fingerprint density at radius 3 is 2.60 bits per heavy atom. The van der Waals surface area contributed by atoms with Crippen molar-refractivity contribution in [2.45, 2.75) is 40.0 Å². The number of esters is 1. The molecule has 6 heteroatoms. The average Bonchev–Trinajstić information content (AvgIpc) is 2.72. The van der Waals surface area contributed by atoms with Gasteiger partial charge >= 0.3 is 5.97 Å². The van der Waals surface area contributed by atoms with Crippen molar-refractivity contribution in [3.63, 3.8) is 0 Å². The first-order valence-corrected chi connectivity index (χ1v) is 8.05. The average molecular weight is 318 g/mol. The van der Waals surface area contributed by atoms with Crippen LogP contribution in [0.3, 0.4) is 0 Å². The summed E-state index contributed by atoms with van der Waals surface area (Å²) in [6.07, 6.45) is 1.70. The Hall–Kier alpha value is -1.07. The second kappa shape index (κ2) is 8.27. The lowest BCUT2D eigenvalue weighted by atomic mass is 10.1. The van der Waals surface area contributed by atoms with Crippen molar-refractivity contribution in [1.82, 2.24) is 0 Å². The number of ether oxygens (including phenoxy) is 1. The normalized spacial score (nSPS) is 10.4. The van der Waals surface area contributed by atoms with Crippen LogP contribution in [-0.4, -0.2) is 24.4 Å². The van der Waals surface area contributed by atoms with E-state index in [1.165, 1.54) is 11.3 Å². The van der Waals surface area contributed by atoms with Crippen LogP contribution in [-0.2, 0) is 16.0 Å². The number of amides is 1. The third-order valence-corrected chi connectivity index (χ3v) is 4.16. The molecule has 1 N–H and O–H groups in total. The Morgan fingerprint density at radius 2 is 2.05 bits per heavy atom. The van der Waals surface area contributed by atoms with Crippen molar-refractivity contribution < 1.29 is 14.3 Å². The molecule has 1 aromatic rings. The fraction of sp³-hybridized carbons (Fsp3) is 0.571. The monoisotopic (exact) mass is 317 g/mol. The molecule has 0 unspecified atom stereocenters. The van der Waals surface area contributed by atoms with Crippen LogP contribution in [0.4, 0.5) is 5.00 Å². The van der Waals surface area contributed by atoms with Crippen LogP contribution in [0.5, 0.6) is 0 Å². The number of halogens is 1. The molecule has 0 aliphatic rings. The summed E-state index contributed by atoms with van der Waals surface area (Å²) in [5.41, 5.74) is 1.44. The summed E-state index contributed by atoms with van der Waals surface area (Å²) in [6.45, 7) is 6.01. The van der Waals surface area contributed by atoms with E-state index in [0.29, 0.717) is 35.9 Å². The SMILES string of the molecule is CCOC(=O)c1c(NC(=O)CCCCl)sc(C)c1CC. The summed E-state index contributed by atoms with van der Waals surface area (Å²) < 4.78 is 5.08. The Morgan fingerprint density at radius 1 is 1.35 bits per heavy atom. The van der Waals surface area contributed by atoms with E-state index in [9.17, 15) is 9.59 Å². The molecule has 20 heavy (non-hydrogen) atoms. The van der Waals surface area contributed by atoms with Crippen LogP contribution in [0.2, 0.25) is 0 Å². The molecular formula is C14H20ClNO3S. The third kappa shape index (κ3) is 4.21. The highest BCUT2D eigenvalue weighted by molar-refractivity contribution is 7.16. The van der Waals surface area contributed by atoms with E-state index >= 15 is 0 Å². The number of alkyl halides is 1. The highest BCUT2D eigenvalue weighted by Crippen LogP contribution is 2.34. The van der Waals surface area contributed by atoms with Crippen molar-refractivity contribution in [3.8, 4) is 0 Å². The van der Waals surface area contributed by atoms with Crippen LogP contribution in [0.25, 0.3) is 0 Å². The molecule has 0 atom stereocenters. The zero-order valence-corrected chi connectivity index (χ0v) is 13.6. The standard InChI is InChI=1S/C14H20ClNO3S/c1-4-10-9(3)20-13(12(10)14(18)19-5-2)16-11(17)7-6-8-15/h4-8H2,1-3H3,(H,16,17). The summed E-state index contributed by atoms with van der Waals surface area (Å²) in [6, 6.07) is 0. The number of hydrogen-bond donors (Lipinski definition) is 1. The molecular weight excluding hydrogens is 298 g/mol. The number of carbonyl (C=O) groups excluding carboxylic acids is 2. The molecule has 112 valence electrons. The Balaban J connectivity index is 3.00. The lowest BCUT2D eigenvalue weighted by Crippen LogP contribution is -2.15. The molecule has 0 fully saturated rings. The Labute approximate surface area is 128 Å². The Kier molecular flexibility index (Phi) is 7.02. The van der Waals surface area contributed by atoms with E-state index in [-0.39, 0.29) is 11.9 Å². The number of thiophene rings is 1.